The summed E-state index contributed by atoms with van der Waals surface area (Å²) in [5, 5.41) is 9.13. The first kappa shape index (κ1) is 25.4. The molecule has 4 N–H and O–H groups in total. The molecule has 1 aliphatic heterocycles. The second-order valence-electron chi connectivity index (χ2n) is 8.73. The number of nitrogens with two attached hydrogens (primary N) is 1. The van der Waals surface area contributed by atoms with Gasteiger partial charge in [-0.2, -0.15) is 18.3 Å². The second-order valence-corrected chi connectivity index (χ2v) is 8.73. The maximum absolute atomic E-state index is 13.6. The first-order valence-electron chi connectivity index (χ1n) is 11.6. The highest BCUT2D eigenvalue weighted by atomic mass is 19.4. The maximum Gasteiger partial charge on any atom is 0.416 e. The zero-order chi connectivity index (χ0) is 26.9. The van der Waals surface area contributed by atoms with E-state index < -0.39 is 23.6 Å². The van der Waals surface area contributed by atoms with Crippen LogP contribution in [0.1, 0.15) is 11.3 Å². The largest absolute Gasteiger partial charge is 0.416 e. The fourth-order valence-corrected chi connectivity index (χ4v) is 4.31. The Morgan fingerprint density at radius 1 is 1.03 bits per heavy atom. The van der Waals surface area contributed by atoms with Gasteiger partial charge in [0.25, 0.3) is 0 Å². The molecule has 0 aliphatic carbocycles. The summed E-state index contributed by atoms with van der Waals surface area (Å²) in [6.07, 6.45) is -3.35. The third kappa shape index (κ3) is 5.53. The lowest BCUT2D eigenvalue weighted by atomic mass is 10.1. The Morgan fingerprint density at radius 2 is 1.74 bits per heavy atom. The number of alkyl halides is 3. The molecular weight excluding hydrogens is 506 g/mol. The average Bonchev–Trinajstić information content (AvgIpc) is 3.24. The molecule has 2 aromatic carbocycles. The number of rotatable bonds is 5. The predicted octanol–water partition coefficient (Wildman–Crippen LogP) is 4.61. The van der Waals surface area contributed by atoms with Crippen molar-refractivity contribution in [1.82, 2.24) is 19.5 Å². The summed E-state index contributed by atoms with van der Waals surface area (Å²) in [7, 11) is 0. The monoisotopic (exact) mass is 529 g/mol. The molecular formula is C25H23F4N7O2. The third-order valence-corrected chi connectivity index (χ3v) is 6.08. The molecule has 2 aromatic heterocycles. The van der Waals surface area contributed by atoms with Gasteiger partial charge in [0.05, 0.1) is 24.5 Å². The van der Waals surface area contributed by atoms with Gasteiger partial charge in [-0.1, -0.05) is 12.1 Å². The van der Waals surface area contributed by atoms with Gasteiger partial charge in [-0.15, -0.1) is 0 Å². The fourth-order valence-electron chi connectivity index (χ4n) is 4.31. The molecule has 198 valence electrons. The molecule has 13 heteroatoms. The number of carbonyl (C=O) groups is 1. The van der Waals surface area contributed by atoms with E-state index in [4.69, 9.17) is 10.5 Å². The van der Waals surface area contributed by atoms with Gasteiger partial charge in [0.2, 0.25) is 0 Å². The average molecular weight is 529 g/mol. The number of hydrogen-bond donors (Lipinski definition) is 3. The number of urea groups is 1. The Labute approximate surface area is 214 Å². The summed E-state index contributed by atoms with van der Waals surface area (Å²) >= 11 is 0. The van der Waals surface area contributed by atoms with Crippen LogP contribution in [0.25, 0.3) is 16.6 Å². The van der Waals surface area contributed by atoms with Crippen LogP contribution >= 0.6 is 0 Å². The molecule has 0 radical (unpaired) electrons. The van der Waals surface area contributed by atoms with Crippen LogP contribution in [0, 0.1) is 5.82 Å². The molecule has 9 nitrogen and oxygen atoms in total. The Morgan fingerprint density at radius 3 is 2.45 bits per heavy atom. The number of halogens is 4. The van der Waals surface area contributed by atoms with Crippen molar-refractivity contribution in [1.29, 1.82) is 0 Å². The first-order chi connectivity index (χ1) is 18.2. The molecule has 5 rings (SSSR count). The number of carbonyl (C=O) groups excluding carboxylic acids is 1. The molecule has 0 atom stereocenters. The number of nitrogens with one attached hydrogen (secondary N) is 2. The van der Waals surface area contributed by atoms with E-state index in [0.29, 0.717) is 48.9 Å². The molecule has 1 aliphatic rings. The quantitative estimate of drug-likeness (QED) is 0.326. The molecule has 0 bridgehead atoms. The van der Waals surface area contributed by atoms with E-state index in [0.717, 1.165) is 36.0 Å². The van der Waals surface area contributed by atoms with Crippen molar-refractivity contribution in [2.75, 3.05) is 42.7 Å². The topological polar surface area (TPSA) is 110 Å². The minimum absolute atomic E-state index is 0.318. The van der Waals surface area contributed by atoms with Gasteiger partial charge in [-0.05, 0) is 42.0 Å². The lowest BCUT2D eigenvalue weighted by Crippen LogP contribution is -2.36. The second kappa shape index (κ2) is 10.3. The van der Waals surface area contributed by atoms with Crippen LogP contribution in [-0.4, -0.2) is 51.8 Å². The Balaban J connectivity index is 1.34. The zero-order valence-electron chi connectivity index (χ0n) is 19.9. The standard InChI is InChI=1S/C25H23F4N7O2/c26-17-9-16(25(27,28)29)10-19(11-17)34-24(37)33-18-3-1-15(2-4-18)21-12-20(13-35-5-7-38-8-6-35)36-22(21)23(30)31-14-32-36/h1-4,9-12,14H,5-8,13H2,(H2,30,31,32)(H2,33,34,37). The van der Waals surface area contributed by atoms with E-state index >= 15 is 0 Å². The van der Waals surface area contributed by atoms with Gasteiger partial charge in [-0.25, -0.2) is 18.7 Å². The van der Waals surface area contributed by atoms with Gasteiger partial charge >= 0.3 is 12.2 Å². The smallest absolute Gasteiger partial charge is 0.382 e. The van der Waals surface area contributed by atoms with Crippen molar-refractivity contribution in [3.63, 3.8) is 0 Å². The van der Waals surface area contributed by atoms with Crippen molar-refractivity contribution in [2.24, 2.45) is 0 Å². The molecule has 0 unspecified atom stereocenters. The van der Waals surface area contributed by atoms with Crippen LogP contribution in [0.15, 0.2) is 54.9 Å². The molecule has 3 heterocycles. The number of nitrogen functional groups attached to an aromatic ring is 1. The third-order valence-electron chi connectivity index (χ3n) is 6.08. The Bertz CT molecular complexity index is 1470. The Hall–Kier alpha value is -4.23. The van der Waals surface area contributed by atoms with Gasteiger partial charge < -0.3 is 21.1 Å². The number of amides is 2. The number of nitrogens with zero attached hydrogens (tertiary/aromatic N) is 4. The van der Waals surface area contributed by atoms with E-state index in [2.05, 4.69) is 25.6 Å². The predicted molar refractivity (Wildman–Crippen MR) is 133 cm³/mol. The van der Waals surface area contributed by atoms with Crippen molar-refractivity contribution >= 4 is 28.7 Å². The summed E-state index contributed by atoms with van der Waals surface area (Å²) in [5.41, 5.74) is 8.23. The SMILES string of the molecule is Nc1ncnn2c(CN3CCOCC3)cc(-c3ccc(NC(=O)Nc4cc(F)cc(C(F)(F)F)c4)cc3)c12. The summed E-state index contributed by atoms with van der Waals surface area (Å²) in [4.78, 5) is 18.7. The van der Waals surface area contributed by atoms with Crippen molar-refractivity contribution in [3.05, 3.63) is 71.9 Å². The molecule has 1 fully saturated rings. The number of hydrogen-bond acceptors (Lipinski definition) is 6. The van der Waals surface area contributed by atoms with Gasteiger partial charge in [-0.3, -0.25) is 4.90 Å². The summed E-state index contributed by atoms with van der Waals surface area (Å²) in [5.74, 6) is -0.798. The highest BCUT2D eigenvalue weighted by molar-refractivity contribution is 6.00. The van der Waals surface area contributed by atoms with Crippen LogP contribution in [0.3, 0.4) is 0 Å². The fraction of sp³-hybridized carbons (Fsp3) is 0.240. The summed E-state index contributed by atoms with van der Waals surface area (Å²) in [6, 6.07) is 9.78. The highest BCUT2D eigenvalue weighted by Crippen LogP contribution is 2.33. The number of anilines is 3. The van der Waals surface area contributed by atoms with Crippen molar-refractivity contribution < 1.29 is 27.1 Å². The Kier molecular flexibility index (Phi) is 6.87. The van der Waals surface area contributed by atoms with E-state index in [1.807, 2.05) is 6.07 Å². The minimum atomic E-state index is -4.75. The molecule has 38 heavy (non-hydrogen) atoms. The van der Waals surface area contributed by atoms with Gasteiger partial charge in [0.1, 0.15) is 17.7 Å². The normalized spacial score (nSPS) is 14.5. The van der Waals surface area contributed by atoms with Gasteiger partial charge in [0, 0.05) is 36.6 Å². The lowest BCUT2D eigenvalue weighted by Gasteiger charge is -2.26. The minimum Gasteiger partial charge on any atom is -0.382 e. The van der Waals surface area contributed by atoms with Crippen LogP contribution in [0.2, 0.25) is 0 Å². The van der Waals surface area contributed by atoms with E-state index in [1.165, 1.54) is 6.33 Å². The van der Waals surface area contributed by atoms with Crippen LogP contribution in [-0.2, 0) is 17.5 Å². The highest BCUT2D eigenvalue weighted by Gasteiger charge is 2.31. The van der Waals surface area contributed by atoms with Gasteiger partial charge in [0.15, 0.2) is 5.82 Å². The van der Waals surface area contributed by atoms with E-state index in [9.17, 15) is 22.4 Å². The summed E-state index contributed by atoms with van der Waals surface area (Å²) < 4.78 is 59.6. The number of benzene rings is 2. The van der Waals surface area contributed by atoms with Crippen molar-refractivity contribution in [3.8, 4) is 11.1 Å². The van der Waals surface area contributed by atoms with E-state index in [-0.39, 0.29) is 5.69 Å². The molecule has 0 saturated carbocycles. The van der Waals surface area contributed by atoms with Crippen LogP contribution < -0.4 is 16.4 Å². The zero-order valence-corrected chi connectivity index (χ0v) is 19.9. The number of fused-ring (bicyclic) bond motifs is 1. The molecule has 2 amide bonds. The van der Waals surface area contributed by atoms with Crippen LogP contribution in [0.5, 0.6) is 0 Å². The van der Waals surface area contributed by atoms with E-state index in [1.54, 1.807) is 28.8 Å². The number of ether oxygens (including phenoxy) is 1. The van der Waals surface area contributed by atoms with Crippen molar-refractivity contribution in [2.45, 2.75) is 12.7 Å². The molecule has 1 saturated heterocycles. The summed E-state index contributed by atoms with van der Waals surface area (Å²) in [6.45, 7) is 3.59. The maximum atomic E-state index is 13.6. The molecule has 4 aromatic rings. The molecule has 0 spiro atoms. The number of aromatic nitrogens is 3. The van der Waals surface area contributed by atoms with Crippen LogP contribution in [0.4, 0.5) is 39.5 Å². The lowest BCUT2D eigenvalue weighted by molar-refractivity contribution is -0.137. The number of morpholine rings is 1. The first-order valence-corrected chi connectivity index (χ1v) is 11.6.